The van der Waals surface area contributed by atoms with Crippen molar-refractivity contribution < 1.29 is 4.74 Å². The highest BCUT2D eigenvalue weighted by Crippen LogP contribution is 2.34. The third-order valence-electron chi connectivity index (χ3n) is 4.07. The maximum absolute atomic E-state index is 5.49. The molecule has 1 unspecified atom stereocenters. The van der Waals surface area contributed by atoms with E-state index in [1.807, 2.05) is 12.1 Å². The molecule has 2 saturated heterocycles. The predicted octanol–water partition coefficient (Wildman–Crippen LogP) is 2.74. The lowest BCUT2D eigenvalue weighted by Gasteiger charge is -2.39. The van der Waals surface area contributed by atoms with Crippen LogP contribution in [0.3, 0.4) is 0 Å². The Kier molecular flexibility index (Phi) is 3.48. The molecule has 0 saturated carbocycles. The van der Waals surface area contributed by atoms with Crippen LogP contribution in [0.15, 0.2) is 22.7 Å². The molecule has 2 aliphatic heterocycles. The number of hydrogen-bond donors (Lipinski definition) is 0. The summed E-state index contributed by atoms with van der Waals surface area (Å²) < 4.78 is 6.61. The topological polar surface area (TPSA) is 15.7 Å². The number of piperazine rings is 1. The predicted molar refractivity (Wildman–Crippen MR) is 77.5 cm³/mol. The van der Waals surface area contributed by atoms with Gasteiger partial charge in [-0.05, 0) is 37.6 Å². The van der Waals surface area contributed by atoms with Gasteiger partial charge in [0, 0.05) is 30.1 Å². The highest BCUT2D eigenvalue weighted by molar-refractivity contribution is 9.10. The van der Waals surface area contributed by atoms with Crippen LogP contribution in [0, 0.1) is 0 Å². The largest absolute Gasteiger partial charge is 0.495 e. The molecule has 3 rings (SSSR count). The van der Waals surface area contributed by atoms with Crippen molar-refractivity contribution in [1.82, 2.24) is 4.90 Å². The maximum Gasteiger partial charge on any atom is 0.142 e. The van der Waals surface area contributed by atoms with Crippen LogP contribution in [-0.2, 0) is 0 Å². The van der Waals surface area contributed by atoms with Crippen LogP contribution in [0.4, 0.5) is 5.69 Å². The van der Waals surface area contributed by atoms with Gasteiger partial charge in [-0.1, -0.05) is 15.9 Å². The van der Waals surface area contributed by atoms with E-state index in [1.165, 1.54) is 31.6 Å². The van der Waals surface area contributed by atoms with Crippen molar-refractivity contribution in [2.75, 3.05) is 38.2 Å². The first-order valence-corrected chi connectivity index (χ1v) is 7.40. The van der Waals surface area contributed by atoms with Gasteiger partial charge in [-0.15, -0.1) is 0 Å². The number of fused-ring (bicyclic) bond motifs is 1. The second kappa shape index (κ2) is 5.10. The third-order valence-corrected chi connectivity index (χ3v) is 4.56. The molecule has 98 valence electrons. The summed E-state index contributed by atoms with van der Waals surface area (Å²) in [6.45, 7) is 4.70. The summed E-state index contributed by atoms with van der Waals surface area (Å²) in [5.41, 5.74) is 1.22. The Morgan fingerprint density at radius 3 is 3.00 bits per heavy atom. The molecule has 3 nitrogen and oxygen atoms in total. The maximum atomic E-state index is 5.49. The zero-order valence-electron chi connectivity index (χ0n) is 10.7. The molecule has 2 aliphatic rings. The Morgan fingerprint density at radius 1 is 1.28 bits per heavy atom. The monoisotopic (exact) mass is 310 g/mol. The molecule has 0 N–H and O–H groups in total. The average molecular weight is 311 g/mol. The molecule has 18 heavy (non-hydrogen) atoms. The lowest BCUT2D eigenvalue weighted by atomic mass is 10.1. The van der Waals surface area contributed by atoms with E-state index in [2.05, 4.69) is 31.8 Å². The second-order valence-electron chi connectivity index (χ2n) is 5.09. The molecule has 0 aliphatic carbocycles. The first-order valence-electron chi connectivity index (χ1n) is 6.60. The summed E-state index contributed by atoms with van der Waals surface area (Å²) in [5, 5.41) is 0. The van der Waals surface area contributed by atoms with Gasteiger partial charge in [-0.3, -0.25) is 4.90 Å². The molecule has 0 spiro atoms. The molecular formula is C14H19BrN2O. The van der Waals surface area contributed by atoms with E-state index in [4.69, 9.17) is 4.74 Å². The van der Waals surface area contributed by atoms with Gasteiger partial charge in [0.15, 0.2) is 0 Å². The summed E-state index contributed by atoms with van der Waals surface area (Å²) in [6.07, 6.45) is 2.70. The standard InChI is InChI=1S/C14H19BrN2O/c1-18-14-5-4-11(15)9-13(14)17-8-7-16-6-2-3-12(16)10-17/h4-5,9,12H,2-3,6-8,10H2,1H3. The Bertz CT molecular complexity index is 438. The minimum atomic E-state index is 0.738. The molecule has 0 bridgehead atoms. The van der Waals surface area contributed by atoms with Gasteiger partial charge < -0.3 is 9.64 Å². The van der Waals surface area contributed by atoms with Crippen LogP contribution in [0.5, 0.6) is 5.75 Å². The Morgan fingerprint density at radius 2 is 2.17 bits per heavy atom. The summed E-state index contributed by atoms with van der Waals surface area (Å²) in [7, 11) is 1.75. The summed E-state index contributed by atoms with van der Waals surface area (Å²) in [6, 6.07) is 6.99. The SMILES string of the molecule is COc1ccc(Br)cc1N1CCN2CCCC2C1. The molecular weight excluding hydrogens is 292 g/mol. The fourth-order valence-electron chi connectivity index (χ4n) is 3.12. The molecule has 1 atom stereocenters. The zero-order chi connectivity index (χ0) is 12.5. The van der Waals surface area contributed by atoms with Crippen molar-refractivity contribution in [3.63, 3.8) is 0 Å². The van der Waals surface area contributed by atoms with E-state index in [0.717, 1.165) is 29.4 Å². The Balaban J connectivity index is 1.84. The second-order valence-corrected chi connectivity index (χ2v) is 6.01. The van der Waals surface area contributed by atoms with E-state index < -0.39 is 0 Å². The number of nitrogens with zero attached hydrogens (tertiary/aromatic N) is 2. The number of hydrogen-bond acceptors (Lipinski definition) is 3. The number of anilines is 1. The fraction of sp³-hybridized carbons (Fsp3) is 0.571. The molecule has 2 fully saturated rings. The highest BCUT2D eigenvalue weighted by atomic mass is 79.9. The van der Waals surface area contributed by atoms with E-state index >= 15 is 0 Å². The molecule has 1 aromatic carbocycles. The fourth-order valence-corrected chi connectivity index (χ4v) is 3.47. The quantitative estimate of drug-likeness (QED) is 0.835. The molecule has 0 radical (unpaired) electrons. The molecule has 1 aromatic rings. The lowest BCUT2D eigenvalue weighted by molar-refractivity contribution is 0.230. The highest BCUT2D eigenvalue weighted by Gasteiger charge is 2.31. The summed E-state index contributed by atoms with van der Waals surface area (Å²) in [4.78, 5) is 5.09. The minimum absolute atomic E-state index is 0.738. The lowest BCUT2D eigenvalue weighted by Crippen LogP contribution is -2.50. The van der Waals surface area contributed by atoms with Crippen LogP contribution in [0.25, 0.3) is 0 Å². The van der Waals surface area contributed by atoms with Gasteiger partial charge in [-0.2, -0.15) is 0 Å². The van der Waals surface area contributed by atoms with Gasteiger partial charge in [0.25, 0.3) is 0 Å². The van der Waals surface area contributed by atoms with E-state index in [-0.39, 0.29) is 0 Å². The van der Waals surface area contributed by atoms with Crippen LogP contribution in [0.1, 0.15) is 12.8 Å². The van der Waals surface area contributed by atoms with Crippen molar-refractivity contribution in [2.45, 2.75) is 18.9 Å². The summed E-state index contributed by atoms with van der Waals surface area (Å²) in [5.74, 6) is 0.977. The Hall–Kier alpha value is -0.740. The number of benzene rings is 1. The number of methoxy groups -OCH3 is 1. The van der Waals surface area contributed by atoms with Crippen molar-refractivity contribution in [3.8, 4) is 5.75 Å². The van der Waals surface area contributed by atoms with Crippen LogP contribution < -0.4 is 9.64 Å². The van der Waals surface area contributed by atoms with Crippen LogP contribution >= 0.6 is 15.9 Å². The zero-order valence-corrected chi connectivity index (χ0v) is 12.3. The van der Waals surface area contributed by atoms with Gasteiger partial charge in [0.05, 0.1) is 12.8 Å². The van der Waals surface area contributed by atoms with E-state index in [1.54, 1.807) is 7.11 Å². The van der Waals surface area contributed by atoms with E-state index in [0.29, 0.717) is 0 Å². The minimum Gasteiger partial charge on any atom is -0.495 e. The third kappa shape index (κ3) is 2.24. The average Bonchev–Trinajstić information content (AvgIpc) is 2.85. The van der Waals surface area contributed by atoms with Crippen molar-refractivity contribution >= 4 is 21.6 Å². The van der Waals surface area contributed by atoms with Crippen LogP contribution in [-0.4, -0.2) is 44.2 Å². The number of rotatable bonds is 2. The molecule has 0 amide bonds. The smallest absolute Gasteiger partial charge is 0.142 e. The first-order chi connectivity index (χ1) is 8.78. The molecule has 4 heteroatoms. The summed E-state index contributed by atoms with van der Waals surface area (Å²) >= 11 is 3.56. The first kappa shape index (κ1) is 12.3. The van der Waals surface area contributed by atoms with Crippen molar-refractivity contribution in [1.29, 1.82) is 0 Å². The van der Waals surface area contributed by atoms with Crippen molar-refractivity contribution in [3.05, 3.63) is 22.7 Å². The van der Waals surface area contributed by atoms with Gasteiger partial charge in [-0.25, -0.2) is 0 Å². The normalized spacial score (nSPS) is 24.1. The molecule has 0 aromatic heterocycles. The van der Waals surface area contributed by atoms with E-state index in [9.17, 15) is 0 Å². The Labute approximate surface area is 117 Å². The number of halogens is 1. The van der Waals surface area contributed by atoms with Crippen LogP contribution in [0.2, 0.25) is 0 Å². The van der Waals surface area contributed by atoms with Gasteiger partial charge in [0.2, 0.25) is 0 Å². The molecule has 2 heterocycles. The number of ether oxygens (including phenoxy) is 1. The van der Waals surface area contributed by atoms with Crippen molar-refractivity contribution in [2.24, 2.45) is 0 Å². The van der Waals surface area contributed by atoms with Gasteiger partial charge in [0.1, 0.15) is 5.75 Å². The van der Waals surface area contributed by atoms with Gasteiger partial charge >= 0.3 is 0 Å².